The van der Waals surface area contributed by atoms with E-state index in [1.54, 1.807) is 30.3 Å². The summed E-state index contributed by atoms with van der Waals surface area (Å²) in [6.45, 7) is 0. The van der Waals surface area contributed by atoms with Crippen molar-refractivity contribution in [2.24, 2.45) is 11.7 Å². The topological polar surface area (TPSA) is 179 Å². The predicted octanol–water partition coefficient (Wildman–Crippen LogP) is 1.52. The zero-order chi connectivity index (χ0) is 20.2. The number of hydrogen-bond donors (Lipinski definition) is 4. The quantitative estimate of drug-likeness (QED) is 0.299. The van der Waals surface area contributed by atoms with Gasteiger partial charge in [-0.15, -0.1) is 0 Å². The number of nitrogens with zero attached hydrogens (tertiary/aromatic N) is 2. The van der Waals surface area contributed by atoms with Crippen molar-refractivity contribution in [1.29, 1.82) is 5.26 Å². The molecule has 1 unspecified atom stereocenters. The summed E-state index contributed by atoms with van der Waals surface area (Å²) in [7, 11) is 0. The SMILES string of the molecule is N#CC(F)C(=O)c1ccccc1.NN.Nc1n[nH]c(-c2ccccc2)c1F.O. The van der Waals surface area contributed by atoms with Crippen molar-refractivity contribution in [2.45, 2.75) is 6.17 Å². The van der Waals surface area contributed by atoms with Crippen LogP contribution in [0.2, 0.25) is 0 Å². The number of ketones is 1. The lowest BCUT2D eigenvalue weighted by atomic mass is 10.1. The number of nitrogens with two attached hydrogens (primary N) is 3. The third-order valence-corrected chi connectivity index (χ3v) is 3.20. The number of nitrogens with one attached hydrogen (secondary N) is 1. The number of nitriles is 1. The van der Waals surface area contributed by atoms with E-state index in [0.29, 0.717) is 5.69 Å². The van der Waals surface area contributed by atoms with Crippen LogP contribution in [0, 0.1) is 17.1 Å². The molecule has 0 aliphatic carbocycles. The van der Waals surface area contributed by atoms with Gasteiger partial charge in [-0.25, -0.2) is 8.78 Å². The van der Waals surface area contributed by atoms with Gasteiger partial charge in [0.15, 0.2) is 11.6 Å². The summed E-state index contributed by atoms with van der Waals surface area (Å²) in [6.07, 6.45) is -2.05. The molecule has 2 aromatic carbocycles. The van der Waals surface area contributed by atoms with Gasteiger partial charge in [-0.2, -0.15) is 10.4 Å². The van der Waals surface area contributed by atoms with Crippen LogP contribution in [0.5, 0.6) is 0 Å². The molecule has 3 rings (SSSR count). The van der Waals surface area contributed by atoms with E-state index in [0.717, 1.165) is 5.56 Å². The number of hydrogen-bond acceptors (Lipinski definition) is 6. The summed E-state index contributed by atoms with van der Waals surface area (Å²) < 4.78 is 25.7. The minimum absolute atomic E-state index is 0. The number of aromatic amines is 1. The van der Waals surface area contributed by atoms with Gasteiger partial charge < -0.3 is 11.2 Å². The first-order valence-electron chi connectivity index (χ1n) is 7.55. The molecule has 148 valence electrons. The largest absolute Gasteiger partial charge is 0.412 e. The van der Waals surface area contributed by atoms with E-state index in [4.69, 9.17) is 11.0 Å². The molecule has 0 aliphatic rings. The summed E-state index contributed by atoms with van der Waals surface area (Å²) in [5.74, 6) is 6.63. The Morgan fingerprint density at radius 2 is 1.57 bits per heavy atom. The number of hydrazine groups is 1. The molecule has 0 saturated carbocycles. The number of aromatic nitrogens is 2. The Labute approximate surface area is 159 Å². The molecule has 1 atom stereocenters. The van der Waals surface area contributed by atoms with E-state index in [1.807, 2.05) is 18.2 Å². The highest BCUT2D eigenvalue weighted by molar-refractivity contribution is 6.00. The summed E-state index contributed by atoms with van der Waals surface area (Å²) >= 11 is 0. The van der Waals surface area contributed by atoms with E-state index in [9.17, 15) is 13.6 Å². The first-order chi connectivity index (χ1) is 13.0. The number of nitrogen functional groups attached to an aromatic ring is 1. The van der Waals surface area contributed by atoms with Crippen LogP contribution in [0.15, 0.2) is 60.7 Å². The molecular weight excluding hydrogens is 370 g/mol. The third-order valence-electron chi connectivity index (χ3n) is 3.20. The molecule has 28 heavy (non-hydrogen) atoms. The van der Waals surface area contributed by atoms with Gasteiger partial charge in [0.05, 0.1) is 0 Å². The molecule has 10 heteroatoms. The van der Waals surface area contributed by atoms with Crippen molar-refractivity contribution >= 4 is 11.6 Å². The lowest BCUT2D eigenvalue weighted by Gasteiger charge is -1.97. The Hall–Kier alpha value is -3.65. The number of H-pyrrole nitrogens is 1. The van der Waals surface area contributed by atoms with Gasteiger partial charge in [-0.3, -0.25) is 21.6 Å². The van der Waals surface area contributed by atoms with E-state index in [2.05, 4.69) is 21.9 Å². The minimum Gasteiger partial charge on any atom is -0.412 e. The number of halogens is 2. The summed E-state index contributed by atoms with van der Waals surface area (Å²) in [5.41, 5.74) is 6.56. The molecule has 1 aromatic heterocycles. The summed E-state index contributed by atoms with van der Waals surface area (Å²) in [6, 6.07) is 18.3. The maximum absolute atomic E-state index is 13.2. The smallest absolute Gasteiger partial charge is 0.248 e. The van der Waals surface area contributed by atoms with E-state index < -0.39 is 17.8 Å². The van der Waals surface area contributed by atoms with Crippen LogP contribution in [0.4, 0.5) is 14.6 Å². The molecular formula is C18H20F2N6O2. The van der Waals surface area contributed by atoms with Crippen molar-refractivity contribution in [3.05, 3.63) is 72.0 Å². The number of alkyl halides is 1. The number of benzene rings is 2. The molecule has 0 radical (unpaired) electrons. The average Bonchev–Trinajstić information content (AvgIpc) is 3.08. The minimum atomic E-state index is -2.05. The maximum atomic E-state index is 13.2. The highest BCUT2D eigenvalue weighted by atomic mass is 19.1. The molecule has 0 fully saturated rings. The van der Waals surface area contributed by atoms with Crippen molar-refractivity contribution < 1.29 is 19.1 Å². The van der Waals surface area contributed by atoms with Gasteiger partial charge in [0, 0.05) is 11.1 Å². The Morgan fingerprint density at radius 3 is 2.00 bits per heavy atom. The fourth-order valence-electron chi connectivity index (χ4n) is 1.95. The van der Waals surface area contributed by atoms with E-state index in [-0.39, 0.29) is 16.9 Å². The molecule has 0 amide bonds. The highest BCUT2D eigenvalue weighted by Crippen LogP contribution is 2.22. The van der Waals surface area contributed by atoms with Gasteiger partial charge in [-0.1, -0.05) is 60.7 Å². The first-order valence-corrected chi connectivity index (χ1v) is 7.55. The molecule has 1 heterocycles. The number of anilines is 1. The third kappa shape index (κ3) is 6.58. The fourth-order valence-corrected chi connectivity index (χ4v) is 1.95. The number of rotatable bonds is 3. The van der Waals surface area contributed by atoms with Crippen LogP contribution in [-0.4, -0.2) is 27.6 Å². The van der Waals surface area contributed by atoms with Crippen LogP contribution in [0.3, 0.4) is 0 Å². The summed E-state index contributed by atoms with van der Waals surface area (Å²) in [5, 5.41) is 14.2. The maximum Gasteiger partial charge on any atom is 0.248 e. The predicted molar refractivity (Wildman–Crippen MR) is 102 cm³/mol. The molecule has 0 aliphatic heterocycles. The van der Waals surface area contributed by atoms with E-state index >= 15 is 0 Å². The van der Waals surface area contributed by atoms with Crippen molar-refractivity contribution in [3.63, 3.8) is 0 Å². The molecule has 0 spiro atoms. The highest BCUT2D eigenvalue weighted by Gasteiger charge is 2.17. The number of Topliss-reactive ketones (excluding diaryl/α,β-unsaturated/α-hetero) is 1. The molecule has 9 N–H and O–H groups in total. The summed E-state index contributed by atoms with van der Waals surface area (Å²) in [4.78, 5) is 11.0. The van der Waals surface area contributed by atoms with Crippen LogP contribution < -0.4 is 17.4 Å². The Kier molecular flexibility index (Phi) is 11.0. The number of carbonyl (C=O) groups excluding carboxylic acids is 1. The lowest BCUT2D eigenvalue weighted by Crippen LogP contribution is -2.12. The van der Waals surface area contributed by atoms with Gasteiger partial charge in [0.2, 0.25) is 12.0 Å². The average molecular weight is 390 g/mol. The fraction of sp³-hybridized carbons (Fsp3) is 0.0556. The molecule has 8 nitrogen and oxygen atoms in total. The Balaban J connectivity index is 0.000000465. The van der Waals surface area contributed by atoms with Crippen molar-refractivity contribution in [3.8, 4) is 17.3 Å². The van der Waals surface area contributed by atoms with Crippen molar-refractivity contribution in [2.75, 3.05) is 5.73 Å². The molecule has 0 saturated heterocycles. The Morgan fingerprint density at radius 1 is 1.07 bits per heavy atom. The number of carbonyl (C=O) groups is 1. The van der Waals surface area contributed by atoms with Gasteiger partial charge in [-0.05, 0) is 0 Å². The second kappa shape index (κ2) is 12.7. The Bertz CT molecular complexity index is 882. The van der Waals surface area contributed by atoms with Gasteiger partial charge >= 0.3 is 0 Å². The lowest BCUT2D eigenvalue weighted by molar-refractivity contribution is 0.0918. The standard InChI is InChI=1S/C9H8FN3.C9H6FNO.H4N2.H2O/c10-7-8(12-13-9(7)11)6-4-2-1-3-5-6;10-8(6-11)9(12)7-4-2-1-3-5-7;1-2;/h1-5H,(H3,11,12,13);1-5,8H;1-2H2;1H2. The second-order valence-corrected chi connectivity index (χ2v) is 4.89. The van der Waals surface area contributed by atoms with Gasteiger partial charge in [0.25, 0.3) is 0 Å². The van der Waals surface area contributed by atoms with Crippen LogP contribution in [0.25, 0.3) is 11.3 Å². The molecule has 3 aromatic rings. The molecule has 0 bridgehead atoms. The monoisotopic (exact) mass is 390 g/mol. The van der Waals surface area contributed by atoms with Crippen LogP contribution in [-0.2, 0) is 0 Å². The van der Waals surface area contributed by atoms with Crippen molar-refractivity contribution in [1.82, 2.24) is 10.2 Å². The zero-order valence-corrected chi connectivity index (χ0v) is 14.6. The van der Waals surface area contributed by atoms with E-state index in [1.165, 1.54) is 18.2 Å². The second-order valence-electron chi connectivity index (χ2n) is 4.89. The van der Waals surface area contributed by atoms with Crippen LogP contribution >= 0.6 is 0 Å². The van der Waals surface area contributed by atoms with Crippen LogP contribution in [0.1, 0.15) is 10.4 Å². The first kappa shape index (κ1) is 24.4. The van der Waals surface area contributed by atoms with Gasteiger partial charge in [0.1, 0.15) is 11.8 Å². The normalized spacial score (nSPS) is 9.96. The zero-order valence-electron chi connectivity index (χ0n) is 14.6.